The molecule has 0 N–H and O–H groups in total. The van der Waals surface area contributed by atoms with E-state index in [2.05, 4.69) is 4.99 Å². The van der Waals surface area contributed by atoms with Gasteiger partial charge in [-0.3, -0.25) is 0 Å². The number of nitrogens with zero attached hydrogens (tertiary/aromatic N) is 1. The molecule has 0 radical (unpaired) electrons. The lowest BCUT2D eigenvalue weighted by Crippen LogP contribution is -1.96. The third-order valence-corrected chi connectivity index (χ3v) is 3.13. The summed E-state index contributed by atoms with van der Waals surface area (Å²) in [5, 5.41) is 0. The summed E-state index contributed by atoms with van der Waals surface area (Å²) in [5.41, 5.74) is 1.43. The molecule has 1 aliphatic rings. The summed E-state index contributed by atoms with van der Waals surface area (Å²) >= 11 is 0. The van der Waals surface area contributed by atoms with Crippen LogP contribution in [0.25, 0.3) is 0 Å². The number of ether oxygens (including phenoxy) is 1. The van der Waals surface area contributed by atoms with E-state index < -0.39 is 9.84 Å². The lowest BCUT2D eigenvalue weighted by molar-refractivity contribution is 0.413. The van der Waals surface area contributed by atoms with Crippen LogP contribution in [-0.4, -0.2) is 21.1 Å². The van der Waals surface area contributed by atoms with Gasteiger partial charge in [-0.2, -0.15) is 0 Å². The third kappa shape index (κ3) is 1.21. The van der Waals surface area contributed by atoms with Gasteiger partial charge in [-0.25, -0.2) is 13.4 Å². The molecule has 0 aromatic heterocycles. The first-order valence-corrected chi connectivity index (χ1v) is 5.15. The van der Waals surface area contributed by atoms with Crippen LogP contribution < -0.4 is 4.74 Å². The van der Waals surface area contributed by atoms with Crippen molar-refractivity contribution >= 4 is 21.1 Å². The summed E-state index contributed by atoms with van der Waals surface area (Å²) in [7, 11) is -1.82. The van der Waals surface area contributed by atoms with Crippen LogP contribution in [0.1, 0.15) is 0 Å². The zero-order valence-corrected chi connectivity index (χ0v) is 7.71. The third-order valence-electron chi connectivity index (χ3n) is 1.80. The molecule has 0 spiro atoms. The summed E-state index contributed by atoms with van der Waals surface area (Å²) in [5.74, 6) is 0.521. The largest absolute Gasteiger partial charge is 0.497 e. The first-order chi connectivity index (χ1) is 6.13. The predicted molar refractivity (Wildman–Crippen MR) is 48.3 cm³/mol. The van der Waals surface area contributed by atoms with Crippen LogP contribution in [0, 0.1) is 0 Å². The Morgan fingerprint density at radius 2 is 2.15 bits per heavy atom. The second-order valence-corrected chi connectivity index (χ2v) is 4.35. The van der Waals surface area contributed by atoms with E-state index in [1.807, 2.05) is 0 Å². The molecule has 1 aromatic carbocycles. The minimum atomic E-state index is -3.31. The molecule has 0 aliphatic carbocycles. The molecule has 1 aliphatic heterocycles. The normalized spacial score (nSPS) is 17.0. The van der Waals surface area contributed by atoms with Crippen molar-refractivity contribution in [3.63, 3.8) is 0 Å². The van der Waals surface area contributed by atoms with Gasteiger partial charge in [0.2, 0.25) is 9.84 Å². The van der Waals surface area contributed by atoms with E-state index in [0.717, 1.165) is 5.55 Å². The van der Waals surface area contributed by atoms with Gasteiger partial charge in [0.15, 0.2) is 0 Å². The van der Waals surface area contributed by atoms with E-state index in [1.165, 1.54) is 13.2 Å². The van der Waals surface area contributed by atoms with Crippen LogP contribution in [0.5, 0.6) is 5.75 Å². The highest BCUT2D eigenvalue weighted by Gasteiger charge is 2.22. The first-order valence-electron chi connectivity index (χ1n) is 3.61. The number of methoxy groups -OCH3 is 1. The minimum Gasteiger partial charge on any atom is -0.497 e. The molecule has 2 rings (SSSR count). The van der Waals surface area contributed by atoms with Gasteiger partial charge >= 0.3 is 0 Å². The molecule has 0 unspecified atom stereocenters. The van der Waals surface area contributed by atoms with E-state index in [1.54, 1.807) is 12.1 Å². The number of fused-ring (bicyclic) bond motifs is 1. The van der Waals surface area contributed by atoms with E-state index in [0.29, 0.717) is 11.4 Å². The Labute approximate surface area is 75.8 Å². The highest BCUT2D eigenvalue weighted by Crippen LogP contribution is 2.32. The van der Waals surface area contributed by atoms with Crippen molar-refractivity contribution in [2.24, 2.45) is 4.99 Å². The monoisotopic (exact) mass is 197 g/mol. The number of hydrogen-bond donors (Lipinski definition) is 0. The van der Waals surface area contributed by atoms with Crippen LogP contribution >= 0.6 is 0 Å². The summed E-state index contributed by atoms with van der Waals surface area (Å²) in [6.45, 7) is 0. The first kappa shape index (κ1) is 8.25. The number of rotatable bonds is 1. The lowest BCUT2D eigenvalue weighted by atomic mass is 10.3. The Balaban J connectivity index is 2.68. The molecule has 68 valence electrons. The van der Waals surface area contributed by atoms with Crippen molar-refractivity contribution in [1.82, 2.24) is 0 Å². The zero-order chi connectivity index (χ0) is 9.47. The van der Waals surface area contributed by atoms with Crippen molar-refractivity contribution in [2.75, 3.05) is 7.11 Å². The van der Waals surface area contributed by atoms with E-state index in [9.17, 15) is 8.42 Å². The molecule has 4 nitrogen and oxygen atoms in total. The van der Waals surface area contributed by atoms with Gasteiger partial charge in [0.25, 0.3) is 0 Å². The van der Waals surface area contributed by atoms with Crippen LogP contribution in [0.2, 0.25) is 0 Å². The second-order valence-electron chi connectivity index (χ2n) is 2.61. The van der Waals surface area contributed by atoms with Gasteiger partial charge in [0, 0.05) is 6.07 Å². The van der Waals surface area contributed by atoms with Crippen molar-refractivity contribution < 1.29 is 13.2 Å². The van der Waals surface area contributed by atoms with Crippen LogP contribution in [-0.2, 0) is 9.84 Å². The number of sulfone groups is 1. The van der Waals surface area contributed by atoms with Gasteiger partial charge < -0.3 is 4.74 Å². The maximum absolute atomic E-state index is 11.3. The Hall–Kier alpha value is -1.36. The van der Waals surface area contributed by atoms with E-state index in [4.69, 9.17) is 4.74 Å². The summed E-state index contributed by atoms with van der Waals surface area (Å²) in [4.78, 5) is 3.97. The highest BCUT2D eigenvalue weighted by atomic mass is 32.2. The SMILES string of the molecule is COc1ccc2c(c1)S(=O)(=O)C=N2. The van der Waals surface area contributed by atoms with Crippen molar-refractivity contribution in [3.05, 3.63) is 18.2 Å². The second kappa shape index (κ2) is 2.56. The van der Waals surface area contributed by atoms with Gasteiger partial charge in [-0.1, -0.05) is 0 Å². The fourth-order valence-corrected chi connectivity index (χ4v) is 2.20. The maximum Gasteiger partial charge on any atom is 0.219 e. The van der Waals surface area contributed by atoms with Crippen LogP contribution in [0.3, 0.4) is 0 Å². The Bertz CT molecular complexity index is 476. The summed E-state index contributed by atoms with van der Waals surface area (Å²) < 4.78 is 27.5. The van der Waals surface area contributed by atoms with E-state index in [-0.39, 0.29) is 4.90 Å². The molecule has 13 heavy (non-hydrogen) atoms. The van der Waals surface area contributed by atoms with Crippen molar-refractivity contribution in [3.8, 4) is 5.75 Å². The average Bonchev–Trinajstić information content (AvgIpc) is 2.42. The van der Waals surface area contributed by atoms with Gasteiger partial charge in [-0.15, -0.1) is 0 Å². The highest BCUT2D eigenvalue weighted by molar-refractivity contribution is 8.05. The molecule has 0 fully saturated rings. The maximum atomic E-state index is 11.3. The van der Waals surface area contributed by atoms with Crippen LogP contribution in [0.4, 0.5) is 5.69 Å². The van der Waals surface area contributed by atoms with Crippen molar-refractivity contribution in [1.29, 1.82) is 0 Å². The van der Waals surface area contributed by atoms with Crippen LogP contribution in [0.15, 0.2) is 28.1 Å². The molecular weight excluding hydrogens is 190 g/mol. The average molecular weight is 197 g/mol. The fraction of sp³-hybridized carbons (Fsp3) is 0.125. The molecule has 1 heterocycles. The lowest BCUT2D eigenvalue weighted by Gasteiger charge is -2.00. The molecular formula is C8H7NO3S. The molecule has 0 amide bonds. The molecule has 0 saturated carbocycles. The zero-order valence-electron chi connectivity index (χ0n) is 6.89. The molecule has 0 bridgehead atoms. The smallest absolute Gasteiger partial charge is 0.219 e. The minimum absolute atomic E-state index is 0.215. The van der Waals surface area contributed by atoms with Gasteiger partial charge in [0.05, 0.1) is 12.8 Å². The fourth-order valence-electron chi connectivity index (χ4n) is 1.14. The standard InChI is InChI=1S/C8H7NO3S/c1-12-6-2-3-7-8(4-6)13(10,11)5-9-7/h2-5H,1H3. The number of hydrogen-bond acceptors (Lipinski definition) is 4. The van der Waals surface area contributed by atoms with Gasteiger partial charge in [0.1, 0.15) is 16.2 Å². The number of aliphatic imine (C=N–C) groups is 1. The molecule has 5 heteroatoms. The topological polar surface area (TPSA) is 55.7 Å². The van der Waals surface area contributed by atoms with Crippen molar-refractivity contribution in [2.45, 2.75) is 4.90 Å². The van der Waals surface area contributed by atoms with Gasteiger partial charge in [-0.05, 0) is 12.1 Å². The molecule has 0 saturated heterocycles. The Kier molecular flexibility index (Phi) is 1.63. The molecule has 0 atom stereocenters. The Morgan fingerprint density at radius 3 is 2.85 bits per heavy atom. The Morgan fingerprint density at radius 1 is 1.38 bits per heavy atom. The predicted octanol–water partition coefficient (Wildman–Crippen LogP) is 1.14. The molecule has 1 aromatic rings. The van der Waals surface area contributed by atoms with E-state index >= 15 is 0 Å². The quantitative estimate of drug-likeness (QED) is 0.678. The summed E-state index contributed by atoms with van der Waals surface area (Å²) in [6.07, 6.45) is 0. The number of benzene rings is 1. The summed E-state index contributed by atoms with van der Waals surface area (Å²) in [6, 6.07) is 4.77.